The van der Waals surface area contributed by atoms with Crippen molar-refractivity contribution in [3.63, 3.8) is 0 Å². The molecule has 0 aromatic heterocycles. The van der Waals surface area contributed by atoms with E-state index in [0.29, 0.717) is 5.92 Å². The summed E-state index contributed by atoms with van der Waals surface area (Å²) in [6.07, 6.45) is 11.6. The molecule has 0 aromatic rings. The van der Waals surface area contributed by atoms with Crippen molar-refractivity contribution in [3.05, 3.63) is 34.8 Å². The van der Waals surface area contributed by atoms with Crippen molar-refractivity contribution in [2.24, 2.45) is 5.92 Å². The van der Waals surface area contributed by atoms with Crippen molar-refractivity contribution in [1.82, 2.24) is 0 Å². The number of hydrogen-bond acceptors (Lipinski definition) is 1. The molecule has 0 aliphatic carbocycles. The maximum atomic E-state index is 4.09. The molecule has 0 aliphatic rings. The Morgan fingerprint density at radius 2 is 1.81 bits per heavy atom. The van der Waals surface area contributed by atoms with Gasteiger partial charge in [0.15, 0.2) is 0 Å². The molecule has 0 nitrogen and oxygen atoms in total. The second-order valence-electron chi connectivity index (χ2n) is 4.77. The summed E-state index contributed by atoms with van der Waals surface area (Å²) in [6, 6.07) is 0. The molecule has 0 rings (SSSR count). The van der Waals surface area contributed by atoms with E-state index in [1.807, 2.05) is 5.41 Å². The van der Waals surface area contributed by atoms with E-state index in [0.717, 1.165) is 0 Å². The van der Waals surface area contributed by atoms with Crippen LogP contribution >= 0.6 is 12.6 Å². The molecule has 0 saturated carbocycles. The summed E-state index contributed by atoms with van der Waals surface area (Å²) in [7, 11) is 0. The standard InChI is InChI=1S/C15H26S/c1-13(2)7-5-8-14(3)9-6-10-15(4)11-12-16/h7,9,11-12,15-16H,5-6,8,10H2,1-4H3/b12-11+,14-9+. The van der Waals surface area contributed by atoms with Crippen molar-refractivity contribution < 1.29 is 0 Å². The Morgan fingerprint density at radius 1 is 1.12 bits per heavy atom. The SMILES string of the molecule is CC(C)=CCC/C(C)=C/CCC(C)/C=C/S. The van der Waals surface area contributed by atoms with Gasteiger partial charge in [-0.1, -0.05) is 36.3 Å². The van der Waals surface area contributed by atoms with Crippen LogP contribution in [0.2, 0.25) is 0 Å². The van der Waals surface area contributed by atoms with Gasteiger partial charge in [0.25, 0.3) is 0 Å². The lowest BCUT2D eigenvalue weighted by molar-refractivity contribution is 0.656. The molecule has 1 heteroatoms. The molecule has 0 saturated heterocycles. The van der Waals surface area contributed by atoms with E-state index in [-0.39, 0.29) is 0 Å². The highest BCUT2D eigenvalue weighted by molar-refractivity contribution is 7.83. The summed E-state index contributed by atoms with van der Waals surface area (Å²) in [5.74, 6) is 0.638. The molecule has 1 unspecified atom stereocenters. The molecule has 0 N–H and O–H groups in total. The van der Waals surface area contributed by atoms with Gasteiger partial charge in [-0.3, -0.25) is 0 Å². The van der Waals surface area contributed by atoms with Crippen LogP contribution in [0.3, 0.4) is 0 Å². The Bertz CT molecular complexity index is 255. The van der Waals surface area contributed by atoms with Crippen molar-refractivity contribution in [3.8, 4) is 0 Å². The number of thiol groups is 1. The maximum Gasteiger partial charge on any atom is -0.0251 e. The minimum Gasteiger partial charge on any atom is -0.152 e. The molecule has 1 atom stereocenters. The first kappa shape index (κ1) is 15.6. The second-order valence-corrected chi connectivity index (χ2v) is 5.06. The third-order valence-electron chi connectivity index (χ3n) is 2.62. The first-order valence-electron chi connectivity index (χ1n) is 6.16. The van der Waals surface area contributed by atoms with Gasteiger partial charge in [0.05, 0.1) is 0 Å². The molecule has 0 amide bonds. The fraction of sp³-hybridized carbons (Fsp3) is 0.600. The molecule has 0 radical (unpaired) electrons. The summed E-state index contributed by atoms with van der Waals surface area (Å²) >= 11 is 4.09. The lowest BCUT2D eigenvalue weighted by Crippen LogP contribution is -1.88. The van der Waals surface area contributed by atoms with Crippen LogP contribution in [-0.2, 0) is 0 Å². The Labute approximate surface area is 107 Å². The molecule has 0 heterocycles. The van der Waals surface area contributed by atoms with E-state index in [1.165, 1.54) is 36.8 Å². The zero-order chi connectivity index (χ0) is 12.4. The predicted octanol–water partition coefficient (Wildman–Crippen LogP) is 5.54. The molecule has 0 spiro atoms. The minimum absolute atomic E-state index is 0.638. The summed E-state index contributed by atoms with van der Waals surface area (Å²) < 4.78 is 0. The lowest BCUT2D eigenvalue weighted by atomic mass is 10.0. The molecule has 0 bridgehead atoms. The van der Waals surface area contributed by atoms with E-state index < -0.39 is 0 Å². The van der Waals surface area contributed by atoms with Crippen LogP contribution in [0.1, 0.15) is 53.4 Å². The molecule has 0 aromatic carbocycles. The van der Waals surface area contributed by atoms with Gasteiger partial charge < -0.3 is 0 Å². The Kier molecular flexibility index (Phi) is 9.51. The van der Waals surface area contributed by atoms with Gasteiger partial charge in [0.1, 0.15) is 0 Å². The first-order valence-corrected chi connectivity index (χ1v) is 6.67. The summed E-state index contributed by atoms with van der Waals surface area (Å²) in [6.45, 7) is 8.78. The van der Waals surface area contributed by atoms with Crippen LogP contribution in [0.15, 0.2) is 34.8 Å². The molecule has 0 fully saturated rings. The number of rotatable bonds is 7. The van der Waals surface area contributed by atoms with Crippen LogP contribution in [-0.4, -0.2) is 0 Å². The third kappa shape index (κ3) is 10.1. The fourth-order valence-electron chi connectivity index (χ4n) is 1.53. The van der Waals surface area contributed by atoms with E-state index in [9.17, 15) is 0 Å². The number of allylic oxidation sites excluding steroid dienone is 5. The monoisotopic (exact) mass is 238 g/mol. The summed E-state index contributed by atoms with van der Waals surface area (Å²) in [5, 5.41) is 1.84. The molecular formula is C15H26S. The van der Waals surface area contributed by atoms with E-state index in [2.05, 4.69) is 58.6 Å². The third-order valence-corrected chi connectivity index (χ3v) is 2.79. The van der Waals surface area contributed by atoms with Crippen molar-refractivity contribution in [2.45, 2.75) is 53.4 Å². The van der Waals surface area contributed by atoms with Crippen LogP contribution in [0.4, 0.5) is 0 Å². The fourth-order valence-corrected chi connectivity index (χ4v) is 1.82. The maximum absolute atomic E-state index is 4.09. The first-order chi connectivity index (χ1) is 7.56. The molecule has 0 aliphatic heterocycles. The van der Waals surface area contributed by atoms with Gasteiger partial charge in [-0.25, -0.2) is 0 Å². The quantitative estimate of drug-likeness (QED) is 0.437. The topological polar surface area (TPSA) is 0 Å². The predicted molar refractivity (Wildman–Crippen MR) is 78.9 cm³/mol. The van der Waals surface area contributed by atoms with Crippen LogP contribution in [0.25, 0.3) is 0 Å². The highest BCUT2D eigenvalue weighted by Gasteiger charge is 1.95. The van der Waals surface area contributed by atoms with E-state index in [1.54, 1.807) is 0 Å². The van der Waals surface area contributed by atoms with Crippen molar-refractivity contribution in [2.75, 3.05) is 0 Å². The van der Waals surface area contributed by atoms with Crippen LogP contribution < -0.4 is 0 Å². The average Bonchev–Trinajstić information content (AvgIpc) is 2.17. The van der Waals surface area contributed by atoms with Crippen molar-refractivity contribution in [1.29, 1.82) is 0 Å². The Morgan fingerprint density at radius 3 is 2.38 bits per heavy atom. The van der Waals surface area contributed by atoms with Gasteiger partial charge >= 0.3 is 0 Å². The van der Waals surface area contributed by atoms with Gasteiger partial charge in [-0.15, -0.1) is 0 Å². The van der Waals surface area contributed by atoms with E-state index in [4.69, 9.17) is 0 Å². The molecular weight excluding hydrogens is 212 g/mol. The second kappa shape index (κ2) is 9.77. The Balaban J connectivity index is 3.74. The summed E-state index contributed by atoms with van der Waals surface area (Å²) in [4.78, 5) is 0. The zero-order valence-electron chi connectivity index (χ0n) is 11.2. The highest BCUT2D eigenvalue weighted by atomic mass is 32.1. The Hall–Kier alpha value is -0.430. The lowest BCUT2D eigenvalue weighted by Gasteiger charge is -2.03. The molecule has 92 valence electrons. The van der Waals surface area contributed by atoms with Crippen LogP contribution in [0.5, 0.6) is 0 Å². The number of hydrogen-bond donors (Lipinski definition) is 1. The van der Waals surface area contributed by atoms with Crippen LogP contribution in [0, 0.1) is 5.92 Å². The van der Waals surface area contributed by atoms with Gasteiger partial charge in [0.2, 0.25) is 0 Å². The smallest absolute Gasteiger partial charge is 0.0251 e. The largest absolute Gasteiger partial charge is 0.152 e. The summed E-state index contributed by atoms with van der Waals surface area (Å²) in [5.41, 5.74) is 2.93. The minimum atomic E-state index is 0.638. The van der Waals surface area contributed by atoms with Gasteiger partial charge in [-0.2, -0.15) is 12.6 Å². The van der Waals surface area contributed by atoms with Gasteiger partial charge in [-0.05, 0) is 57.8 Å². The zero-order valence-corrected chi connectivity index (χ0v) is 12.1. The highest BCUT2D eigenvalue weighted by Crippen LogP contribution is 2.12. The average molecular weight is 238 g/mol. The molecule has 16 heavy (non-hydrogen) atoms. The van der Waals surface area contributed by atoms with E-state index >= 15 is 0 Å². The van der Waals surface area contributed by atoms with Crippen molar-refractivity contribution >= 4 is 12.6 Å². The van der Waals surface area contributed by atoms with Gasteiger partial charge in [0, 0.05) is 0 Å². The normalized spacial score (nSPS) is 14.2.